The molecule has 4 fully saturated rings. The van der Waals surface area contributed by atoms with Crippen molar-refractivity contribution in [1.82, 2.24) is 20.9 Å². The lowest BCUT2D eigenvalue weighted by atomic mass is 9.67. The van der Waals surface area contributed by atoms with E-state index in [0.717, 1.165) is 45.2 Å². The third kappa shape index (κ3) is 3.86. The van der Waals surface area contributed by atoms with E-state index in [0.29, 0.717) is 24.7 Å². The average Bonchev–Trinajstić information content (AvgIpc) is 2.75. The molecule has 156 valence electrons. The number of Topliss-reactive ketones (excluding diaryl/α,β-unsaturated/α-hetero) is 1. The molecule has 3 aliphatic heterocycles. The first kappa shape index (κ1) is 19.2. The van der Waals surface area contributed by atoms with Crippen LogP contribution in [0.2, 0.25) is 0 Å². The summed E-state index contributed by atoms with van der Waals surface area (Å²) < 4.78 is 0. The maximum atomic E-state index is 13.0. The second-order valence-corrected chi connectivity index (χ2v) is 9.29. The molecule has 0 radical (unpaired) electrons. The molecular formula is C23H32N4O2. The van der Waals surface area contributed by atoms with Gasteiger partial charge in [0.1, 0.15) is 12.1 Å². The fourth-order valence-corrected chi connectivity index (χ4v) is 5.97. The highest BCUT2D eigenvalue weighted by molar-refractivity contribution is 5.86. The highest BCUT2D eigenvalue weighted by Gasteiger charge is 2.50. The second-order valence-electron chi connectivity index (χ2n) is 9.29. The Morgan fingerprint density at radius 1 is 1.03 bits per heavy atom. The van der Waals surface area contributed by atoms with Crippen LogP contribution in [0, 0.1) is 23.7 Å². The standard InChI is InChI=1S/C23H32N4O2/c28-19-8-4-7-17-18(19)14-24-21-20(17)22(29)26-23(25-21)27-11-9-16(10-12-27)13-15-5-2-1-3-6-15/h1-3,5-6,16-18,20-21,23-25H,4,7-14H2,(H,26,29). The summed E-state index contributed by atoms with van der Waals surface area (Å²) in [4.78, 5) is 27.7. The van der Waals surface area contributed by atoms with Gasteiger partial charge in [-0.15, -0.1) is 0 Å². The summed E-state index contributed by atoms with van der Waals surface area (Å²) in [7, 11) is 0. The number of amides is 1. The van der Waals surface area contributed by atoms with Gasteiger partial charge in [0.05, 0.1) is 12.1 Å². The van der Waals surface area contributed by atoms with Crippen molar-refractivity contribution in [2.24, 2.45) is 23.7 Å². The van der Waals surface area contributed by atoms with Gasteiger partial charge in [-0.25, -0.2) is 0 Å². The van der Waals surface area contributed by atoms with Gasteiger partial charge in [0, 0.05) is 32.0 Å². The minimum Gasteiger partial charge on any atom is -0.328 e. The molecule has 5 unspecified atom stereocenters. The first-order valence-electron chi connectivity index (χ1n) is 11.3. The molecule has 0 aromatic heterocycles. The highest BCUT2D eigenvalue weighted by Crippen LogP contribution is 2.38. The van der Waals surface area contributed by atoms with Crippen LogP contribution in [0.4, 0.5) is 0 Å². The molecule has 1 saturated carbocycles. The largest absolute Gasteiger partial charge is 0.328 e. The van der Waals surface area contributed by atoms with Crippen LogP contribution in [-0.4, -0.2) is 48.7 Å². The summed E-state index contributed by atoms with van der Waals surface area (Å²) in [5.74, 6) is 1.23. The predicted octanol–water partition coefficient (Wildman–Crippen LogP) is 1.48. The topological polar surface area (TPSA) is 73.5 Å². The first-order valence-corrected chi connectivity index (χ1v) is 11.3. The molecule has 6 nitrogen and oxygen atoms in total. The van der Waals surface area contributed by atoms with E-state index in [4.69, 9.17) is 0 Å². The molecule has 3 N–H and O–H groups in total. The Morgan fingerprint density at radius 2 is 1.83 bits per heavy atom. The van der Waals surface area contributed by atoms with Gasteiger partial charge in [-0.2, -0.15) is 0 Å². The quantitative estimate of drug-likeness (QED) is 0.722. The number of likely N-dealkylation sites (tertiary alicyclic amines) is 1. The maximum absolute atomic E-state index is 13.0. The lowest BCUT2D eigenvalue weighted by molar-refractivity contribution is -0.144. The molecular weight excluding hydrogens is 364 g/mol. The van der Waals surface area contributed by atoms with Crippen molar-refractivity contribution >= 4 is 11.7 Å². The lowest BCUT2D eigenvalue weighted by Crippen LogP contribution is -2.74. The Kier molecular flexibility index (Phi) is 5.41. The Labute approximate surface area is 172 Å². The third-order valence-corrected chi connectivity index (χ3v) is 7.57. The number of benzene rings is 1. The molecule has 5 atom stereocenters. The SMILES string of the molecule is O=C1CCCC2C1CNC1NC(N3CCC(Cc4ccccc4)CC3)NC(=O)C12. The Morgan fingerprint density at radius 3 is 2.62 bits per heavy atom. The zero-order valence-electron chi connectivity index (χ0n) is 17.0. The molecule has 29 heavy (non-hydrogen) atoms. The van der Waals surface area contributed by atoms with E-state index >= 15 is 0 Å². The molecule has 3 saturated heterocycles. The van der Waals surface area contributed by atoms with Crippen LogP contribution in [0.3, 0.4) is 0 Å². The molecule has 1 aliphatic carbocycles. The van der Waals surface area contributed by atoms with Crippen LogP contribution in [-0.2, 0) is 16.0 Å². The van der Waals surface area contributed by atoms with Crippen LogP contribution < -0.4 is 16.0 Å². The van der Waals surface area contributed by atoms with Crippen LogP contribution in [0.1, 0.15) is 37.7 Å². The number of fused-ring (bicyclic) bond motifs is 3. The van der Waals surface area contributed by atoms with Crippen molar-refractivity contribution in [2.45, 2.75) is 51.0 Å². The Balaban J connectivity index is 1.18. The van der Waals surface area contributed by atoms with Gasteiger partial charge in [-0.3, -0.25) is 19.8 Å². The number of hydrogen-bond acceptors (Lipinski definition) is 5. The fourth-order valence-electron chi connectivity index (χ4n) is 5.97. The summed E-state index contributed by atoms with van der Waals surface area (Å²) in [5, 5.41) is 10.3. The van der Waals surface area contributed by atoms with Gasteiger partial charge in [0.2, 0.25) is 5.91 Å². The van der Waals surface area contributed by atoms with E-state index in [1.165, 1.54) is 5.56 Å². The van der Waals surface area contributed by atoms with Crippen molar-refractivity contribution in [3.05, 3.63) is 35.9 Å². The van der Waals surface area contributed by atoms with E-state index in [2.05, 4.69) is 51.2 Å². The number of hydrogen-bond donors (Lipinski definition) is 3. The van der Waals surface area contributed by atoms with Crippen molar-refractivity contribution < 1.29 is 9.59 Å². The molecule has 4 aliphatic rings. The van der Waals surface area contributed by atoms with E-state index < -0.39 is 0 Å². The van der Waals surface area contributed by atoms with Crippen LogP contribution in [0.15, 0.2) is 30.3 Å². The summed E-state index contributed by atoms with van der Waals surface area (Å²) in [6.07, 6.45) is 5.91. The van der Waals surface area contributed by atoms with Gasteiger partial charge in [0.25, 0.3) is 0 Å². The number of rotatable bonds is 3. The van der Waals surface area contributed by atoms with Gasteiger partial charge in [0.15, 0.2) is 0 Å². The van der Waals surface area contributed by atoms with Crippen molar-refractivity contribution in [1.29, 1.82) is 0 Å². The van der Waals surface area contributed by atoms with Gasteiger partial charge < -0.3 is 10.6 Å². The van der Waals surface area contributed by atoms with Gasteiger partial charge >= 0.3 is 0 Å². The van der Waals surface area contributed by atoms with Crippen LogP contribution in [0.5, 0.6) is 0 Å². The van der Waals surface area contributed by atoms with Crippen LogP contribution in [0.25, 0.3) is 0 Å². The number of nitrogens with zero attached hydrogens (tertiary/aromatic N) is 1. The van der Waals surface area contributed by atoms with Gasteiger partial charge in [-0.1, -0.05) is 30.3 Å². The predicted molar refractivity (Wildman–Crippen MR) is 111 cm³/mol. The first-order chi connectivity index (χ1) is 14.2. The number of ketones is 1. The van der Waals surface area contributed by atoms with Crippen molar-refractivity contribution in [3.63, 3.8) is 0 Å². The maximum Gasteiger partial charge on any atom is 0.228 e. The van der Waals surface area contributed by atoms with E-state index in [9.17, 15) is 9.59 Å². The molecule has 0 spiro atoms. The minimum atomic E-state index is -0.134. The molecule has 6 heteroatoms. The van der Waals surface area contributed by atoms with Gasteiger partial charge in [-0.05, 0) is 49.5 Å². The molecule has 1 aromatic rings. The van der Waals surface area contributed by atoms with E-state index in [1.54, 1.807) is 0 Å². The number of piperidine rings is 2. The Bertz CT molecular complexity index is 747. The van der Waals surface area contributed by atoms with E-state index in [1.807, 2.05) is 0 Å². The summed E-state index contributed by atoms with van der Waals surface area (Å²) in [5.41, 5.74) is 1.42. The second kappa shape index (κ2) is 8.17. The van der Waals surface area contributed by atoms with E-state index in [-0.39, 0.29) is 36.1 Å². The fraction of sp³-hybridized carbons (Fsp3) is 0.652. The lowest BCUT2D eigenvalue weighted by Gasteiger charge is -2.51. The Hall–Kier alpha value is -1.76. The zero-order valence-corrected chi connectivity index (χ0v) is 17.0. The zero-order chi connectivity index (χ0) is 19.8. The monoisotopic (exact) mass is 396 g/mol. The smallest absolute Gasteiger partial charge is 0.228 e. The van der Waals surface area contributed by atoms with Crippen LogP contribution >= 0.6 is 0 Å². The summed E-state index contributed by atoms with van der Waals surface area (Å²) in [6, 6.07) is 10.7. The summed E-state index contributed by atoms with van der Waals surface area (Å²) >= 11 is 0. The number of carbonyl (C=O) groups is 2. The summed E-state index contributed by atoms with van der Waals surface area (Å²) in [6.45, 7) is 2.70. The molecule has 1 aromatic carbocycles. The highest BCUT2D eigenvalue weighted by atomic mass is 16.2. The third-order valence-electron chi connectivity index (χ3n) is 7.57. The number of carbonyl (C=O) groups excluding carboxylic acids is 2. The molecule has 3 heterocycles. The molecule has 0 bridgehead atoms. The number of nitrogens with one attached hydrogen (secondary N) is 3. The molecule has 5 rings (SSSR count). The van der Waals surface area contributed by atoms with Crippen molar-refractivity contribution in [3.8, 4) is 0 Å². The van der Waals surface area contributed by atoms with Crippen molar-refractivity contribution in [2.75, 3.05) is 19.6 Å². The molecule has 1 amide bonds. The normalized spacial score (nSPS) is 36.2. The average molecular weight is 397 g/mol. The minimum absolute atomic E-state index is 0.0165.